The first-order valence-electron chi connectivity index (χ1n) is 15.4. The molecule has 0 saturated carbocycles. The third-order valence-electron chi connectivity index (χ3n) is 9.06. The van der Waals surface area contributed by atoms with Gasteiger partial charge in [0.25, 0.3) is 0 Å². The number of hydrogen-bond acceptors (Lipinski definition) is 4. The quantitative estimate of drug-likeness (QED) is 0.206. The van der Waals surface area contributed by atoms with Crippen molar-refractivity contribution >= 4 is 65.7 Å². The summed E-state index contributed by atoms with van der Waals surface area (Å²) in [7, 11) is 0. The SMILES string of the molecule is c1ccc(-c2cc3c4cc(-c5nc6ccccc6nc5-c5ccc6oc7ccccc7c6c5)ccc4oc3c3ccccc23)cc1. The van der Waals surface area contributed by atoms with Crippen LogP contribution in [0.3, 0.4) is 0 Å². The van der Waals surface area contributed by atoms with Crippen LogP contribution in [0.1, 0.15) is 0 Å². The number of rotatable bonds is 3. The normalized spacial score (nSPS) is 11.9. The molecule has 0 fully saturated rings. The highest BCUT2D eigenvalue weighted by Crippen LogP contribution is 2.42. The summed E-state index contributed by atoms with van der Waals surface area (Å²) in [5.74, 6) is 0. The van der Waals surface area contributed by atoms with Crippen LogP contribution in [0.4, 0.5) is 0 Å². The molecule has 0 unspecified atom stereocenters. The lowest BCUT2D eigenvalue weighted by Crippen LogP contribution is -1.95. The molecule has 214 valence electrons. The van der Waals surface area contributed by atoms with Gasteiger partial charge in [-0.25, -0.2) is 9.97 Å². The van der Waals surface area contributed by atoms with Gasteiger partial charge in [-0.05, 0) is 77.2 Å². The van der Waals surface area contributed by atoms with E-state index in [9.17, 15) is 0 Å². The smallest absolute Gasteiger partial charge is 0.143 e. The second-order valence-electron chi connectivity index (χ2n) is 11.7. The van der Waals surface area contributed by atoms with E-state index >= 15 is 0 Å². The summed E-state index contributed by atoms with van der Waals surface area (Å²) in [5.41, 5.74) is 11.2. The molecular weight excluding hydrogens is 564 g/mol. The molecule has 10 aromatic rings. The Morgan fingerprint density at radius 2 is 0.891 bits per heavy atom. The molecule has 0 atom stereocenters. The maximum Gasteiger partial charge on any atom is 0.143 e. The highest BCUT2D eigenvalue weighted by molar-refractivity contribution is 6.19. The molecule has 0 amide bonds. The Kier molecular flexibility index (Phi) is 5.25. The second-order valence-corrected chi connectivity index (χ2v) is 11.7. The summed E-state index contributed by atoms with van der Waals surface area (Å²) < 4.78 is 12.7. The van der Waals surface area contributed by atoms with E-state index in [1.165, 1.54) is 16.5 Å². The maximum absolute atomic E-state index is 6.57. The fourth-order valence-electron chi connectivity index (χ4n) is 6.88. The lowest BCUT2D eigenvalue weighted by Gasteiger charge is -2.11. The van der Waals surface area contributed by atoms with Crippen LogP contribution in [0.25, 0.3) is 99.3 Å². The summed E-state index contributed by atoms with van der Waals surface area (Å²) in [5, 5.41) is 6.55. The molecule has 0 N–H and O–H groups in total. The number of para-hydroxylation sites is 3. The minimum atomic E-state index is 0.825. The lowest BCUT2D eigenvalue weighted by atomic mass is 9.95. The summed E-state index contributed by atoms with van der Waals surface area (Å²) in [6.45, 7) is 0. The molecule has 0 spiro atoms. The van der Waals surface area contributed by atoms with Crippen molar-refractivity contribution in [1.82, 2.24) is 9.97 Å². The number of aromatic nitrogens is 2. The first-order valence-corrected chi connectivity index (χ1v) is 15.4. The highest BCUT2D eigenvalue weighted by Gasteiger charge is 2.19. The average Bonchev–Trinajstić information content (AvgIpc) is 3.69. The van der Waals surface area contributed by atoms with Crippen LogP contribution in [0.5, 0.6) is 0 Å². The minimum absolute atomic E-state index is 0.825. The molecule has 3 aromatic heterocycles. The van der Waals surface area contributed by atoms with Crippen LogP contribution >= 0.6 is 0 Å². The van der Waals surface area contributed by atoms with Crippen LogP contribution in [0.15, 0.2) is 154 Å². The molecule has 46 heavy (non-hydrogen) atoms. The predicted molar refractivity (Wildman–Crippen MR) is 188 cm³/mol. The van der Waals surface area contributed by atoms with Gasteiger partial charge in [-0.3, -0.25) is 0 Å². The van der Waals surface area contributed by atoms with Crippen molar-refractivity contribution in [2.45, 2.75) is 0 Å². The van der Waals surface area contributed by atoms with E-state index in [0.29, 0.717) is 0 Å². The summed E-state index contributed by atoms with van der Waals surface area (Å²) in [6, 6.07) is 50.2. The number of fused-ring (bicyclic) bond motifs is 9. The molecule has 7 aromatic carbocycles. The lowest BCUT2D eigenvalue weighted by molar-refractivity contribution is 0.669. The summed E-state index contributed by atoms with van der Waals surface area (Å²) in [4.78, 5) is 10.4. The Bertz CT molecular complexity index is 2810. The highest BCUT2D eigenvalue weighted by atomic mass is 16.3. The molecule has 0 saturated heterocycles. The van der Waals surface area contributed by atoms with Crippen molar-refractivity contribution in [2.24, 2.45) is 0 Å². The van der Waals surface area contributed by atoms with Crippen molar-refractivity contribution in [1.29, 1.82) is 0 Å². The zero-order valence-electron chi connectivity index (χ0n) is 24.6. The molecule has 0 aliphatic heterocycles. The van der Waals surface area contributed by atoms with E-state index in [2.05, 4.69) is 97.1 Å². The first-order chi connectivity index (χ1) is 22.8. The van der Waals surface area contributed by atoms with E-state index in [1.54, 1.807) is 0 Å². The van der Waals surface area contributed by atoms with Crippen molar-refractivity contribution in [3.8, 4) is 33.6 Å². The molecule has 0 aliphatic carbocycles. The van der Waals surface area contributed by atoms with Crippen molar-refractivity contribution in [2.75, 3.05) is 0 Å². The van der Waals surface area contributed by atoms with Crippen LogP contribution in [-0.2, 0) is 0 Å². The topological polar surface area (TPSA) is 52.1 Å². The predicted octanol–water partition coefficient (Wildman–Crippen LogP) is 11.6. The van der Waals surface area contributed by atoms with E-state index < -0.39 is 0 Å². The Labute approximate surface area is 263 Å². The van der Waals surface area contributed by atoms with Gasteiger partial charge in [0.15, 0.2) is 0 Å². The van der Waals surface area contributed by atoms with E-state index in [-0.39, 0.29) is 0 Å². The fourth-order valence-corrected chi connectivity index (χ4v) is 6.88. The molecule has 0 radical (unpaired) electrons. The van der Waals surface area contributed by atoms with Crippen LogP contribution in [-0.4, -0.2) is 9.97 Å². The van der Waals surface area contributed by atoms with E-state index in [1.807, 2.05) is 48.5 Å². The van der Waals surface area contributed by atoms with Crippen molar-refractivity contribution in [3.63, 3.8) is 0 Å². The summed E-state index contributed by atoms with van der Waals surface area (Å²) >= 11 is 0. The van der Waals surface area contributed by atoms with E-state index in [4.69, 9.17) is 18.8 Å². The molecule has 10 rings (SSSR count). The van der Waals surface area contributed by atoms with Crippen molar-refractivity contribution < 1.29 is 8.83 Å². The van der Waals surface area contributed by atoms with Gasteiger partial charge < -0.3 is 8.83 Å². The number of furan rings is 2. The number of nitrogens with zero attached hydrogens (tertiary/aromatic N) is 2. The van der Waals surface area contributed by atoms with Gasteiger partial charge in [-0.1, -0.05) is 84.9 Å². The van der Waals surface area contributed by atoms with Gasteiger partial charge in [0.2, 0.25) is 0 Å². The van der Waals surface area contributed by atoms with Gasteiger partial charge >= 0.3 is 0 Å². The van der Waals surface area contributed by atoms with Gasteiger partial charge in [0.05, 0.1) is 22.4 Å². The molecule has 4 nitrogen and oxygen atoms in total. The Balaban J connectivity index is 1.24. The maximum atomic E-state index is 6.57. The fraction of sp³-hybridized carbons (Fsp3) is 0. The molecule has 0 aliphatic rings. The Morgan fingerprint density at radius 1 is 0.348 bits per heavy atom. The minimum Gasteiger partial charge on any atom is -0.456 e. The van der Waals surface area contributed by atoms with Gasteiger partial charge in [-0.15, -0.1) is 0 Å². The first kappa shape index (κ1) is 25.1. The standard InChI is InChI=1S/C42H24N2O2/c1-2-10-25(11-3-1)31-24-34-33-23-27(19-21-39(33)46-42(34)30-14-5-4-12-28(30)31)41-40(43-35-15-7-8-16-36(35)44-41)26-18-20-38-32(22-26)29-13-6-9-17-37(29)45-38/h1-24H. The average molecular weight is 589 g/mol. The third-order valence-corrected chi connectivity index (χ3v) is 9.06. The van der Waals surface area contributed by atoms with Gasteiger partial charge in [0.1, 0.15) is 22.3 Å². The third kappa shape index (κ3) is 3.74. The molecule has 0 bridgehead atoms. The zero-order chi connectivity index (χ0) is 30.2. The Hall–Kier alpha value is -6.26. The van der Waals surface area contributed by atoms with Crippen LogP contribution in [0, 0.1) is 0 Å². The Morgan fingerprint density at radius 3 is 1.61 bits per heavy atom. The van der Waals surface area contributed by atoms with Gasteiger partial charge in [-0.2, -0.15) is 0 Å². The molecule has 3 heterocycles. The largest absolute Gasteiger partial charge is 0.456 e. The summed E-state index contributed by atoms with van der Waals surface area (Å²) in [6.07, 6.45) is 0. The number of hydrogen-bond donors (Lipinski definition) is 0. The van der Waals surface area contributed by atoms with E-state index in [0.717, 1.165) is 82.8 Å². The molecular formula is C42H24N2O2. The van der Waals surface area contributed by atoms with Crippen LogP contribution in [0.2, 0.25) is 0 Å². The van der Waals surface area contributed by atoms with Crippen LogP contribution < -0.4 is 0 Å². The number of benzene rings is 7. The van der Waals surface area contributed by atoms with Gasteiger partial charge in [0, 0.05) is 38.1 Å². The molecule has 4 heteroatoms. The second kappa shape index (κ2) is 9.62. The van der Waals surface area contributed by atoms with Crippen molar-refractivity contribution in [3.05, 3.63) is 146 Å². The zero-order valence-corrected chi connectivity index (χ0v) is 24.6. The monoisotopic (exact) mass is 588 g/mol.